The van der Waals surface area contributed by atoms with E-state index in [4.69, 9.17) is 16.6 Å². The molecule has 1 aliphatic heterocycles. The number of benzene rings is 1. The first-order valence-electron chi connectivity index (χ1n) is 8.54. The number of aromatic nitrogens is 3. The number of hydrogen-bond acceptors (Lipinski definition) is 4. The smallest absolute Gasteiger partial charge is 0.194 e. The van der Waals surface area contributed by atoms with Gasteiger partial charge in [-0.05, 0) is 25.1 Å². The van der Waals surface area contributed by atoms with Crippen LogP contribution in [0.15, 0.2) is 35.6 Å². The maximum absolute atomic E-state index is 6.11. The van der Waals surface area contributed by atoms with Crippen molar-refractivity contribution in [2.75, 3.05) is 37.6 Å². The van der Waals surface area contributed by atoms with Gasteiger partial charge in [-0.25, -0.2) is 4.99 Å². The fourth-order valence-corrected chi connectivity index (χ4v) is 3.06. The minimum absolute atomic E-state index is 0.521. The van der Waals surface area contributed by atoms with Crippen molar-refractivity contribution in [2.24, 2.45) is 12.0 Å². The van der Waals surface area contributed by atoms with Gasteiger partial charge in [-0.3, -0.25) is 0 Å². The quantitative estimate of drug-likeness (QED) is 0.664. The number of guanidine groups is 1. The van der Waals surface area contributed by atoms with Crippen LogP contribution in [0.25, 0.3) is 0 Å². The van der Waals surface area contributed by atoms with E-state index in [0.29, 0.717) is 6.54 Å². The van der Waals surface area contributed by atoms with E-state index in [0.717, 1.165) is 49.5 Å². The lowest BCUT2D eigenvalue weighted by Gasteiger charge is -2.37. The number of hydrogen-bond donors (Lipinski definition) is 1. The topological polar surface area (TPSA) is 61.6 Å². The van der Waals surface area contributed by atoms with E-state index in [1.165, 1.54) is 5.69 Å². The Labute approximate surface area is 153 Å². The normalized spacial score (nSPS) is 15.6. The number of aliphatic imine (C=N–C) groups is 1. The second-order valence-electron chi connectivity index (χ2n) is 5.98. The highest BCUT2D eigenvalue weighted by Crippen LogP contribution is 2.20. The van der Waals surface area contributed by atoms with Crippen LogP contribution in [0.1, 0.15) is 12.7 Å². The zero-order valence-corrected chi connectivity index (χ0v) is 15.4. The summed E-state index contributed by atoms with van der Waals surface area (Å²) >= 11 is 6.11. The van der Waals surface area contributed by atoms with Crippen LogP contribution in [0.3, 0.4) is 0 Å². The summed E-state index contributed by atoms with van der Waals surface area (Å²) in [6.07, 6.45) is 1.70. The number of aryl methyl sites for hydroxylation is 1. The van der Waals surface area contributed by atoms with Gasteiger partial charge in [-0.1, -0.05) is 17.7 Å². The Hall–Kier alpha value is -2.28. The molecule has 0 radical (unpaired) electrons. The summed E-state index contributed by atoms with van der Waals surface area (Å²) in [6, 6.07) is 8.03. The molecule has 3 rings (SSSR count). The molecule has 0 amide bonds. The molecule has 1 aromatic carbocycles. The Morgan fingerprint density at radius 1 is 1.28 bits per heavy atom. The lowest BCUT2D eigenvalue weighted by atomic mass is 10.2. The summed E-state index contributed by atoms with van der Waals surface area (Å²) in [5, 5.41) is 12.1. The van der Waals surface area contributed by atoms with Crippen LogP contribution >= 0.6 is 11.6 Å². The second-order valence-corrected chi connectivity index (χ2v) is 6.42. The Balaban J connectivity index is 1.63. The predicted octanol–water partition coefficient (Wildman–Crippen LogP) is 1.76. The van der Waals surface area contributed by atoms with E-state index in [1.54, 1.807) is 6.33 Å². The molecule has 0 spiro atoms. The molecule has 0 aliphatic carbocycles. The van der Waals surface area contributed by atoms with E-state index in [9.17, 15) is 0 Å². The summed E-state index contributed by atoms with van der Waals surface area (Å²) < 4.78 is 1.89. The maximum Gasteiger partial charge on any atom is 0.194 e. The SMILES string of the molecule is CCNC(=NCc1nncn1C)N1CCN(c2cccc(Cl)c2)CC1. The number of nitrogens with one attached hydrogen (secondary N) is 1. The molecule has 134 valence electrons. The molecule has 1 aromatic heterocycles. The number of rotatable bonds is 4. The zero-order chi connectivity index (χ0) is 17.6. The van der Waals surface area contributed by atoms with Gasteiger partial charge >= 0.3 is 0 Å². The van der Waals surface area contributed by atoms with Crippen molar-refractivity contribution < 1.29 is 0 Å². The van der Waals surface area contributed by atoms with Crippen molar-refractivity contribution in [3.05, 3.63) is 41.4 Å². The molecular weight excluding hydrogens is 338 g/mol. The average Bonchev–Trinajstić information content (AvgIpc) is 3.04. The first-order chi connectivity index (χ1) is 12.2. The Kier molecular flexibility index (Phi) is 5.75. The molecular formula is C17H24ClN7. The van der Waals surface area contributed by atoms with Crippen molar-refractivity contribution in [3.8, 4) is 0 Å². The molecule has 25 heavy (non-hydrogen) atoms. The third-order valence-electron chi connectivity index (χ3n) is 4.26. The van der Waals surface area contributed by atoms with Gasteiger partial charge in [0.15, 0.2) is 11.8 Å². The highest BCUT2D eigenvalue weighted by Gasteiger charge is 2.20. The van der Waals surface area contributed by atoms with E-state index < -0.39 is 0 Å². The minimum Gasteiger partial charge on any atom is -0.368 e. The van der Waals surface area contributed by atoms with Gasteiger partial charge in [0.25, 0.3) is 0 Å². The van der Waals surface area contributed by atoms with Gasteiger partial charge < -0.3 is 19.7 Å². The molecule has 0 atom stereocenters. The van der Waals surface area contributed by atoms with Crippen LogP contribution in [-0.4, -0.2) is 58.3 Å². The Bertz CT molecular complexity index is 719. The molecule has 1 fully saturated rings. The van der Waals surface area contributed by atoms with E-state index >= 15 is 0 Å². The fraction of sp³-hybridized carbons (Fsp3) is 0.471. The number of anilines is 1. The summed E-state index contributed by atoms with van der Waals surface area (Å²) in [6.45, 7) is 7.15. The number of piperazine rings is 1. The van der Waals surface area contributed by atoms with Crippen LogP contribution in [0.5, 0.6) is 0 Å². The molecule has 1 saturated heterocycles. The van der Waals surface area contributed by atoms with Gasteiger partial charge in [-0.2, -0.15) is 0 Å². The van der Waals surface area contributed by atoms with Crippen molar-refractivity contribution in [3.63, 3.8) is 0 Å². The third-order valence-corrected chi connectivity index (χ3v) is 4.50. The van der Waals surface area contributed by atoms with E-state index in [-0.39, 0.29) is 0 Å². The van der Waals surface area contributed by atoms with Crippen molar-refractivity contribution in [1.82, 2.24) is 25.0 Å². The molecule has 8 heteroatoms. The molecule has 0 unspecified atom stereocenters. The summed E-state index contributed by atoms with van der Waals surface area (Å²) in [5.41, 5.74) is 1.17. The fourth-order valence-electron chi connectivity index (χ4n) is 2.87. The lowest BCUT2D eigenvalue weighted by molar-refractivity contribution is 0.372. The second kappa shape index (κ2) is 8.20. The zero-order valence-electron chi connectivity index (χ0n) is 14.7. The van der Waals surface area contributed by atoms with Gasteiger partial charge in [0.2, 0.25) is 0 Å². The highest BCUT2D eigenvalue weighted by atomic mass is 35.5. The van der Waals surface area contributed by atoms with Gasteiger partial charge in [-0.15, -0.1) is 10.2 Å². The van der Waals surface area contributed by atoms with Crippen molar-refractivity contribution in [1.29, 1.82) is 0 Å². The maximum atomic E-state index is 6.11. The summed E-state index contributed by atoms with van der Waals surface area (Å²) in [7, 11) is 1.93. The molecule has 1 N–H and O–H groups in total. The lowest BCUT2D eigenvalue weighted by Crippen LogP contribution is -2.52. The Morgan fingerprint density at radius 2 is 2.08 bits per heavy atom. The average molecular weight is 362 g/mol. The van der Waals surface area contributed by atoms with Crippen LogP contribution in [0, 0.1) is 0 Å². The number of nitrogens with zero attached hydrogens (tertiary/aromatic N) is 6. The standard InChI is InChI=1S/C17H24ClN7/c1-3-19-17(20-12-16-22-21-13-23(16)2)25-9-7-24(8-10-25)15-6-4-5-14(18)11-15/h4-6,11,13H,3,7-10,12H2,1-2H3,(H,19,20). The van der Waals surface area contributed by atoms with E-state index in [2.05, 4.69) is 38.3 Å². The molecule has 7 nitrogen and oxygen atoms in total. The first-order valence-corrected chi connectivity index (χ1v) is 8.92. The minimum atomic E-state index is 0.521. The summed E-state index contributed by atoms with van der Waals surface area (Å²) in [5.74, 6) is 1.78. The third kappa shape index (κ3) is 4.42. The molecule has 1 aliphatic rings. The molecule has 2 aromatic rings. The monoisotopic (exact) mass is 361 g/mol. The molecule has 2 heterocycles. The highest BCUT2D eigenvalue weighted by molar-refractivity contribution is 6.30. The van der Waals surface area contributed by atoms with Crippen molar-refractivity contribution in [2.45, 2.75) is 13.5 Å². The van der Waals surface area contributed by atoms with Crippen LogP contribution in [0.4, 0.5) is 5.69 Å². The number of halogens is 1. The predicted molar refractivity (Wildman–Crippen MR) is 101 cm³/mol. The van der Waals surface area contributed by atoms with Crippen LogP contribution in [-0.2, 0) is 13.6 Å². The van der Waals surface area contributed by atoms with Crippen LogP contribution < -0.4 is 10.2 Å². The summed E-state index contributed by atoms with van der Waals surface area (Å²) in [4.78, 5) is 9.37. The first kappa shape index (κ1) is 17.5. The Morgan fingerprint density at radius 3 is 2.72 bits per heavy atom. The largest absolute Gasteiger partial charge is 0.368 e. The molecule has 0 bridgehead atoms. The molecule has 0 saturated carbocycles. The van der Waals surface area contributed by atoms with Crippen molar-refractivity contribution >= 4 is 23.2 Å². The van der Waals surface area contributed by atoms with Crippen LogP contribution in [0.2, 0.25) is 5.02 Å². The van der Waals surface area contributed by atoms with Gasteiger partial charge in [0, 0.05) is 50.5 Å². The van der Waals surface area contributed by atoms with Gasteiger partial charge in [0.05, 0.1) is 0 Å². The van der Waals surface area contributed by atoms with Gasteiger partial charge in [0.1, 0.15) is 12.9 Å². The van der Waals surface area contributed by atoms with E-state index in [1.807, 2.05) is 29.8 Å².